The third-order valence-electron chi connectivity index (χ3n) is 5.78. The van der Waals surface area contributed by atoms with Gasteiger partial charge in [0.15, 0.2) is 0 Å². The number of carbonyl (C=O) groups excluding carboxylic acids is 1. The van der Waals surface area contributed by atoms with Crippen molar-refractivity contribution in [3.05, 3.63) is 65.7 Å². The largest absolute Gasteiger partial charge is 0.480 e. The number of hydrogen-bond acceptors (Lipinski definition) is 4. The number of aromatic nitrogens is 1. The molecule has 0 unspecified atom stereocenters. The third-order valence-corrected chi connectivity index (χ3v) is 5.78. The summed E-state index contributed by atoms with van der Waals surface area (Å²) >= 11 is 0. The SMILES string of the molecule is CC[C@]1(C(=O)O)C[C@@H](C(=O)NCc2ccncc2)[C@@H](c2ccc(F)cc2)N1C. The molecule has 0 saturated carbocycles. The van der Waals surface area contributed by atoms with Gasteiger partial charge < -0.3 is 10.4 Å². The summed E-state index contributed by atoms with van der Waals surface area (Å²) < 4.78 is 13.4. The van der Waals surface area contributed by atoms with Crippen LogP contribution in [0.15, 0.2) is 48.8 Å². The predicted octanol–water partition coefficient (Wildman–Crippen LogP) is 2.76. The molecule has 0 radical (unpaired) electrons. The molecule has 0 aliphatic carbocycles. The summed E-state index contributed by atoms with van der Waals surface area (Å²) in [5.74, 6) is -2.10. The third kappa shape index (κ3) is 3.62. The zero-order chi connectivity index (χ0) is 20.3. The lowest BCUT2D eigenvalue weighted by Crippen LogP contribution is -2.48. The van der Waals surface area contributed by atoms with Gasteiger partial charge in [0.05, 0.1) is 5.92 Å². The highest BCUT2D eigenvalue weighted by Crippen LogP contribution is 2.47. The van der Waals surface area contributed by atoms with Gasteiger partial charge in [0.1, 0.15) is 11.4 Å². The summed E-state index contributed by atoms with van der Waals surface area (Å²) in [5.41, 5.74) is 0.495. The topological polar surface area (TPSA) is 82.5 Å². The number of nitrogens with one attached hydrogen (secondary N) is 1. The van der Waals surface area contributed by atoms with Gasteiger partial charge in [-0.05, 0) is 55.3 Å². The Hall–Kier alpha value is -2.80. The van der Waals surface area contributed by atoms with Gasteiger partial charge in [0.25, 0.3) is 0 Å². The van der Waals surface area contributed by atoms with Crippen LogP contribution in [0.25, 0.3) is 0 Å². The number of likely N-dealkylation sites (N-methyl/N-ethyl adjacent to an activating group) is 1. The van der Waals surface area contributed by atoms with Gasteiger partial charge in [0.2, 0.25) is 5.91 Å². The second kappa shape index (κ2) is 8.06. The number of carbonyl (C=O) groups is 2. The van der Waals surface area contributed by atoms with Crippen molar-refractivity contribution >= 4 is 11.9 Å². The van der Waals surface area contributed by atoms with Gasteiger partial charge in [-0.2, -0.15) is 0 Å². The van der Waals surface area contributed by atoms with Crippen molar-refractivity contribution in [1.29, 1.82) is 0 Å². The summed E-state index contributed by atoms with van der Waals surface area (Å²) in [5, 5.41) is 12.8. The van der Waals surface area contributed by atoms with Crippen molar-refractivity contribution in [2.24, 2.45) is 5.92 Å². The van der Waals surface area contributed by atoms with Crippen molar-refractivity contribution in [3.8, 4) is 0 Å². The van der Waals surface area contributed by atoms with Crippen molar-refractivity contribution in [1.82, 2.24) is 15.2 Å². The molecule has 2 aromatic rings. The lowest BCUT2D eigenvalue weighted by molar-refractivity contribution is -0.150. The first-order valence-corrected chi connectivity index (χ1v) is 9.27. The highest BCUT2D eigenvalue weighted by Gasteiger charge is 2.56. The Labute approximate surface area is 163 Å². The number of benzene rings is 1. The van der Waals surface area contributed by atoms with Gasteiger partial charge >= 0.3 is 5.97 Å². The van der Waals surface area contributed by atoms with Crippen LogP contribution in [0.3, 0.4) is 0 Å². The van der Waals surface area contributed by atoms with E-state index in [9.17, 15) is 19.1 Å². The van der Waals surface area contributed by atoms with Crippen molar-refractivity contribution in [2.45, 2.75) is 37.9 Å². The van der Waals surface area contributed by atoms with Crippen molar-refractivity contribution in [2.75, 3.05) is 7.05 Å². The summed E-state index contributed by atoms with van der Waals surface area (Å²) in [6.07, 6.45) is 3.86. The van der Waals surface area contributed by atoms with Gasteiger partial charge in [-0.3, -0.25) is 19.5 Å². The number of likely N-dealkylation sites (tertiary alicyclic amines) is 1. The van der Waals surface area contributed by atoms with E-state index in [4.69, 9.17) is 0 Å². The molecule has 148 valence electrons. The van der Waals surface area contributed by atoms with E-state index in [1.54, 1.807) is 36.5 Å². The van der Waals surface area contributed by atoms with E-state index in [1.807, 2.05) is 19.1 Å². The Kier molecular flexibility index (Phi) is 5.74. The monoisotopic (exact) mass is 385 g/mol. The lowest BCUT2D eigenvalue weighted by atomic mass is 9.87. The average molecular weight is 385 g/mol. The second-order valence-electron chi connectivity index (χ2n) is 7.18. The Morgan fingerprint density at radius 1 is 1.25 bits per heavy atom. The molecule has 2 N–H and O–H groups in total. The molecule has 7 heteroatoms. The Bertz CT molecular complexity index is 844. The molecule has 1 fully saturated rings. The van der Waals surface area contributed by atoms with E-state index in [0.717, 1.165) is 11.1 Å². The second-order valence-corrected chi connectivity index (χ2v) is 7.18. The van der Waals surface area contributed by atoms with E-state index < -0.39 is 23.5 Å². The molecule has 0 spiro atoms. The first kappa shape index (κ1) is 19.9. The summed E-state index contributed by atoms with van der Waals surface area (Å²) in [6.45, 7) is 2.15. The standard InChI is InChI=1S/C21H24FN3O3/c1-3-21(20(27)28)12-17(19(26)24-13-14-8-10-23-11-9-14)18(25(21)2)15-4-6-16(22)7-5-15/h4-11,17-18H,3,12-13H2,1-2H3,(H,24,26)(H,27,28)/t17-,18-,21-/m1/s1. The molecular weight excluding hydrogens is 361 g/mol. The minimum absolute atomic E-state index is 0.194. The maximum absolute atomic E-state index is 13.4. The van der Waals surface area contributed by atoms with Gasteiger partial charge in [0, 0.05) is 25.0 Å². The van der Waals surface area contributed by atoms with Crippen LogP contribution in [0.1, 0.15) is 36.9 Å². The maximum Gasteiger partial charge on any atom is 0.324 e. The molecule has 1 aliphatic rings. The Balaban J connectivity index is 1.89. The molecule has 1 aromatic heterocycles. The van der Waals surface area contributed by atoms with E-state index in [1.165, 1.54) is 12.1 Å². The zero-order valence-electron chi connectivity index (χ0n) is 15.9. The number of nitrogens with zero attached hydrogens (tertiary/aromatic N) is 2. The number of aliphatic carboxylic acids is 1. The average Bonchev–Trinajstić information content (AvgIpc) is 3.01. The fraction of sp³-hybridized carbons (Fsp3) is 0.381. The number of hydrogen-bond donors (Lipinski definition) is 2. The molecule has 1 amide bonds. The van der Waals surface area contributed by atoms with Crippen LogP contribution in [-0.2, 0) is 16.1 Å². The van der Waals surface area contributed by atoms with Crippen molar-refractivity contribution in [3.63, 3.8) is 0 Å². The highest BCUT2D eigenvalue weighted by molar-refractivity contribution is 5.85. The van der Waals surface area contributed by atoms with Crippen LogP contribution in [0, 0.1) is 11.7 Å². The van der Waals surface area contributed by atoms with Crippen molar-refractivity contribution < 1.29 is 19.1 Å². The van der Waals surface area contributed by atoms with Gasteiger partial charge in [-0.15, -0.1) is 0 Å². The normalized spacial score (nSPS) is 24.8. The molecule has 3 rings (SSSR count). The number of halogens is 1. The van der Waals surface area contributed by atoms with Crippen LogP contribution in [0.5, 0.6) is 0 Å². The number of carboxylic acids is 1. The minimum Gasteiger partial charge on any atom is -0.480 e. The highest BCUT2D eigenvalue weighted by atomic mass is 19.1. The van der Waals surface area contributed by atoms with Crippen LogP contribution < -0.4 is 5.32 Å². The molecule has 1 aliphatic heterocycles. The lowest BCUT2D eigenvalue weighted by Gasteiger charge is -2.34. The summed E-state index contributed by atoms with van der Waals surface area (Å²) in [6, 6.07) is 9.08. The number of pyridine rings is 1. The molecule has 3 atom stereocenters. The fourth-order valence-electron chi connectivity index (χ4n) is 4.11. The number of carboxylic acid groups (broad SMARTS) is 1. The van der Waals surface area contributed by atoms with E-state index in [2.05, 4.69) is 10.3 Å². The van der Waals surface area contributed by atoms with Gasteiger partial charge in [-0.1, -0.05) is 19.1 Å². The molecule has 0 bridgehead atoms. The maximum atomic E-state index is 13.4. The fourth-order valence-corrected chi connectivity index (χ4v) is 4.11. The summed E-state index contributed by atoms with van der Waals surface area (Å²) in [4.78, 5) is 30.8. The van der Waals surface area contributed by atoms with E-state index in [-0.39, 0.29) is 18.1 Å². The Morgan fingerprint density at radius 2 is 1.89 bits per heavy atom. The molecule has 28 heavy (non-hydrogen) atoms. The smallest absolute Gasteiger partial charge is 0.324 e. The van der Waals surface area contributed by atoms with Crippen LogP contribution in [0.4, 0.5) is 4.39 Å². The molecule has 1 saturated heterocycles. The quantitative estimate of drug-likeness (QED) is 0.799. The molecule has 2 heterocycles. The minimum atomic E-state index is -1.14. The molecule has 1 aromatic carbocycles. The molecule has 6 nitrogen and oxygen atoms in total. The predicted molar refractivity (Wildman–Crippen MR) is 102 cm³/mol. The zero-order valence-corrected chi connectivity index (χ0v) is 15.9. The van der Waals surface area contributed by atoms with Crippen LogP contribution >= 0.6 is 0 Å². The van der Waals surface area contributed by atoms with Crippen LogP contribution in [0.2, 0.25) is 0 Å². The first-order valence-electron chi connectivity index (χ1n) is 9.27. The van der Waals surface area contributed by atoms with Crippen LogP contribution in [-0.4, -0.2) is 39.5 Å². The van der Waals surface area contributed by atoms with E-state index >= 15 is 0 Å². The summed E-state index contributed by atoms with van der Waals surface area (Å²) in [7, 11) is 1.72. The number of amides is 1. The molecular formula is C21H24FN3O3. The van der Waals surface area contributed by atoms with Gasteiger partial charge in [-0.25, -0.2) is 4.39 Å². The first-order chi connectivity index (χ1) is 13.4. The van der Waals surface area contributed by atoms with E-state index in [0.29, 0.717) is 13.0 Å². The Morgan fingerprint density at radius 3 is 2.46 bits per heavy atom. The number of rotatable bonds is 6.